The topological polar surface area (TPSA) is 55.8 Å². The van der Waals surface area contributed by atoms with Gasteiger partial charge in [-0.1, -0.05) is 13.8 Å². The number of carbonyl (C=O) groups is 2. The molecule has 0 aliphatic heterocycles. The summed E-state index contributed by atoms with van der Waals surface area (Å²) in [7, 11) is 0. The maximum Gasteiger partial charge on any atom is 0.420 e. The Balaban J connectivity index is 5.10. The molecule has 0 spiro atoms. The van der Waals surface area contributed by atoms with Crippen LogP contribution in [0.2, 0.25) is 0 Å². The molecule has 0 aliphatic rings. The summed E-state index contributed by atoms with van der Waals surface area (Å²) in [5, 5.41) is 0. The molecule has 0 aromatic rings. The fraction of sp³-hybridized carbons (Fsp3) is 0.706. The van der Waals surface area contributed by atoms with Crippen LogP contribution in [0.25, 0.3) is 0 Å². The van der Waals surface area contributed by atoms with E-state index in [-0.39, 0.29) is 6.54 Å². The lowest BCUT2D eigenvalue weighted by Gasteiger charge is -2.27. The van der Waals surface area contributed by atoms with Gasteiger partial charge in [-0.25, -0.2) is 14.5 Å². The van der Waals surface area contributed by atoms with Crippen molar-refractivity contribution in [1.29, 1.82) is 0 Å². The van der Waals surface area contributed by atoms with E-state index < -0.39 is 23.4 Å². The van der Waals surface area contributed by atoms with Crippen molar-refractivity contribution in [3.05, 3.63) is 17.9 Å². The summed E-state index contributed by atoms with van der Waals surface area (Å²) in [6.45, 7) is 14.5. The first-order valence-electron chi connectivity index (χ1n) is 7.46. The van der Waals surface area contributed by atoms with E-state index in [0.717, 1.165) is 4.90 Å². The van der Waals surface area contributed by atoms with Gasteiger partial charge in [0, 0.05) is 0 Å². The minimum absolute atomic E-state index is 0.0487. The maximum absolute atomic E-state index is 12.2. The van der Waals surface area contributed by atoms with Crippen LogP contribution >= 0.6 is 0 Å². The van der Waals surface area contributed by atoms with Gasteiger partial charge in [0.15, 0.2) is 0 Å². The summed E-state index contributed by atoms with van der Waals surface area (Å²) in [4.78, 5) is 25.2. The van der Waals surface area contributed by atoms with Crippen molar-refractivity contribution in [3.8, 4) is 0 Å². The van der Waals surface area contributed by atoms with E-state index >= 15 is 0 Å². The van der Waals surface area contributed by atoms with Gasteiger partial charge in [-0.15, -0.1) is 5.73 Å². The number of ether oxygens (including phenoxy) is 2. The van der Waals surface area contributed by atoms with Crippen molar-refractivity contribution in [3.63, 3.8) is 0 Å². The van der Waals surface area contributed by atoms with Crippen LogP contribution in [0.3, 0.4) is 0 Å². The molecule has 0 aliphatic carbocycles. The van der Waals surface area contributed by atoms with Gasteiger partial charge in [-0.3, -0.25) is 0 Å². The lowest BCUT2D eigenvalue weighted by atomic mass is 10.2. The molecular formula is C17H29NO4. The van der Waals surface area contributed by atoms with Gasteiger partial charge >= 0.3 is 12.2 Å². The van der Waals surface area contributed by atoms with Crippen molar-refractivity contribution < 1.29 is 19.1 Å². The van der Waals surface area contributed by atoms with Gasteiger partial charge in [-0.2, -0.15) is 0 Å². The van der Waals surface area contributed by atoms with E-state index in [1.165, 1.54) is 0 Å². The molecule has 2 amide bonds. The molecule has 0 heterocycles. The fourth-order valence-electron chi connectivity index (χ4n) is 1.26. The number of imide groups is 1. The number of hydrogen-bond donors (Lipinski definition) is 0. The summed E-state index contributed by atoms with van der Waals surface area (Å²) < 4.78 is 10.5. The highest BCUT2D eigenvalue weighted by Gasteiger charge is 2.30. The molecule has 5 nitrogen and oxygen atoms in total. The molecule has 0 saturated carbocycles. The van der Waals surface area contributed by atoms with Gasteiger partial charge in [0.05, 0.1) is 6.54 Å². The van der Waals surface area contributed by atoms with E-state index in [1.54, 1.807) is 47.6 Å². The van der Waals surface area contributed by atoms with Crippen molar-refractivity contribution in [2.75, 3.05) is 6.54 Å². The highest BCUT2D eigenvalue weighted by atomic mass is 16.6. The van der Waals surface area contributed by atoms with Crippen LogP contribution < -0.4 is 0 Å². The van der Waals surface area contributed by atoms with Gasteiger partial charge < -0.3 is 9.47 Å². The third-order valence-electron chi connectivity index (χ3n) is 2.05. The summed E-state index contributed by atoms with van der Waals surface area (Å²) >= 11 is 0. The predicted octanol–water partition coefficient (Wildman–Crippen LogP) is 4.53. The Morgan fingerprint density at radius 3 is 1.73 bits per heavy atom. The lowest BCUT2D eigenvalue weighted by molar-refractivity contribution is 0.00375. The minimum Gasteiger partial charge on any atom is -0.443 e. The van der Waals surface area contributed by atoms with Gasteiger partial charge in [0.1, 0.15) is 11.2 Å². The molecule has 5 heteroatoms. The molecule has 0 radical (unpaired) electrons. The SMILES string of the molecule is CC(C)C=C=CCN(C(=O)OC(C)(C)C)C(=O)OC(C)(C)C. The van der Waals surface area contributed by atoms with E-state index in [0.29, 0.717) is 5.92 Å². The number of amides is 2. The van der Waals surface area contributed by atoms with Gasteiger partial charge in [0.2, 0.25) is 0 Å². The number of carbonyl (C=O) groups excluding carboxylic acids is 2. The van der Waals surface area contributed by atoms with E-state index in [9.17, 15) is 9.59 Å². The van der Waals surface area contributed by atoms with Crippen LogP contribution in [0.15, 0.2) is 17.9 Å². The summed E-state index contributed by atoms with van der Waals surface area (Å²) in [5.41, 5.74) is 1.57. The van der Waals surface area contributed by atoms with Crippen LogP contribution in [0.4, 0.5) is 9.59 Å². The number of rotatable bonds is 3. The minimum atomic E-state index is -0.732. The second-order valence-electron chi connectivity index (χ2n) is 7.35. The van der Waals surface area contributed by atoms with Crippen LogP contribution in [-0.4, -0.2) is 34.8 Å². The zero-order chi connectivity index (χ0) is 17.6. The average molecular weight is 311 g/mol. The van der Waals surface area contributed by atoms with Crippen LogP contribution in [0.5, 0.6) is 0 Å². The Morgan fingerprint density at radius 1 is 1.00 bits per heavy atom. The van der Waals surface area contributed by atoms with Crippen LogP contribution in [-0.2, 0) is 9.47 Å². The Labute approximate surface area is 134 Å². The average Bonchev–Trinajstić information content (AvgIpc) is 2.22. The molecule has 0 rings (SSSR count). The Morgan fingerprint density at radius 2 is 1.41 bits per heavy atom. The van der Waals surface area contributed by atoms with Crippen molar-refractivity contribution in [1.82, 2.24) is 4.90 Å². The highest BCUT2D eigenvalue weighted by molar-refractivity contribution is 5.88. The molecule has 0 saturated heterocycles. The molecule has 22 heavy (non-hydrogen) atoms. The first kappa shape index (κ1) is 20.3. The van der Waals surface area contributed by atoms with E-state index in [1.807, 2.05) is 19.9 Å². The molecule has 0 aromatic carbocycles. The molecule has 0 unspecified atom stereocenters. The second kappa shape index (κ2) is 8.04. The van der Waals surface area contributed by atoms with Gasteiger partial charge in [0.25, 0.3) is 0 Å². The Hall–Kier alpha value is -1.74. The smallest absolute Gasteiger partial charge is 0.420 e. The zero-order valence-electron chi connectivity index (χ0n) is 15.0. The van der Waals surface area contributed by atoms with Crippen molar-refractivity contribution in [2.45, 2.75) is 66.6 Å². The molecule has 0 bridgehead atoms. The zero-order valence-corrected chi connectivity index (χ0v) is 15.0. The number of hydrogen-bond acceptors (Lipinski definition) is 4. The van der Waals surface area contributed by atoms with Gasteiger partial charge in [-0.05, 0) is 59.6 Å². The Bertz CT molecular complexity index is 418. The second-order valence-corrected chi connectivity index (χ2v) is 7.35. The highest BCUT2D eigenvalue weighted by Crippen LogP contribution is 2.14. The third-order valence-corrected chi connectivity index (χ3v) is 2.05. The van der Waals surface area contributed by atoms with Crippen molar-refractivity contribution in [2.24, 2.45) is 5.92 Å². The molecular weight excluding hydrogens is 282 g/mol. The van der Waals surface area contributed by atoms with Crippen LogP contribution in [0.1, 0.15) is 55.4 Å². The Kier molecular flexibility index (Phi) is 7.41. The predicted molar refractivity (Wildman–Crippen MR) is 86.7 cm³/mol. The lowest BCUT2D eigenvalue weighted by Crippen LogP contribution is -2.43. The molecule has 0 aromatic heterocycles. The quantitative estimate of drug-likeness (QED) is 0.719. The summed E-state index contributed by atoms with van der Waals surface area (Å²) in [5.74, 6) is 0.341. The van der Waals surface area contributed by atoms with Crippen LogP contribution in [0, 0.1) is 5.92 Å². The third kappa shape index (κ3) is 10.1. The molecule has 126 valence electrons. The molecule has 0 atom stereocenters. The normalized spacial score (nSPS) is 11.5. The maximum atomic E-state index is 12.2. The molecule has 0 fully saturated rings. The van der Waals surface area contributed by atoms with E-state index in [4.69, 9.17) is 9.47 Å². The van der Waals surface area contributed by atoms with Crippen molar-refractivity contribution >= 4 is 12.2 Å². The first-order valence-corrected chi connectivity index (χ1v) is 7.46. The first-order chi connectivity index (χ1) is 9.82. The summed E-state index contributed by atoms with van der Waals surface area (Å²) in [6.07, 6.45) is 1.99. The molecule has 0 N–H and O–H groups in total. The standard InChI is InChI=1S/C17H29NO4/c1-13(2)11-9-10-12-18(14(19)21-16(3,4)5)15(20)22-17(6,7)8/h10-11,13H,12H2,1-8H3. The fourth-order valence-corrected chi connectivity index (χ4v) is 1.26. The monoisotopic (exact) mass is 311 g/mol. The number of nitrogens with zero attached hydrogens (tertiary/aromatic N) is 1. The van der Waals surface area contributed by atoms with E-state index in [2.05, 4.69) is 5.73 Å². The summed E-state index contributed by atoms with van der Waals surface area (Å²) in [6, 6.07) is 0. The largest absolute Gasteiger partial charge is 0.443 e.